The van der Waals surface area contributed by atoms with E-state index in [-0.39, 0.29) is 6.10 Å². The lowest BCUT2D eigenvalue weighted by atomic mass is 10.3. The van der Waals surface area contributed by atoms with Gasteiger partial charge in [-0.1, -0.05) is 12.1 Å². The van der Waals surface area contributed by atoms with E-state index in [1.165, 1.54) is 4.70 Å². The normalized spacial score (nSPS) is 22.4. The molecule has 1 fully saturated rings. The Balaban J connectivity index is 1.51. The molecule has 1 saturated heterocycles. The Hall–Kier alpha value is -1.02. The molecular formula is C15H20N2O3S2. The predicted octanol–water partition coefficient (Wildman–Crippen LogP) is 2.33. The van der Waals surface area contributed by atoms with Crippen LogP contribution in [0.5, 0.6) is 0 Å². The summed E-state index contributed by atoms with van der Waals surface area (Å²) in [6.07, 6.45) is 1.90. The van der Waals surface area contributed by atoms with Gasteiger partial charge in [-0.25, -0.2) is 18.1 Å². The van der Waals surface area contributed by atoms with Crippen LogP contribution in [-0.4, -0.2) is 37.9 Å². The highest BCUT2D eigenvalue weighted by atomic mass is 32.2. The third-order valence-electron chi connectivity index (χ3n) is 3.91. The van der Waals surface area contributed by atoms with Crippen LogP contribution < -0.4 is 4.72 Å². The van der Waals surface area contributed by atoms with Gasteiger partial charge in [0, 0.05) is 19.6 Å². The van der Waals surface area contributed by atoms with Gasteiger partial charge in [0.1, 0.15) is 5.25 Å². The fraction of sp³-hybridized carbons (Fsp3) is 0.533. The highest BCUT2D eigenvalue weighted by Crippen LogP contribution is 2.23. The number of nitrogens with one attached hydrogen (secondary N) is 1. The van der Waals surface area contributed by atoms with Crippen LogP contribution in [0.4, 0.5) is 0 Å². The van der Waals surface area contributed by atoms with Crippen LogP contribution in [0.25, 0.3) is 10.2 Å². The van der Waals surface area contributed by atoms with E-state index < -0.39 is 15.3 Å². The van der Waals surface area contributed by atoms with Crippen molar-refractivity contribution in [1.29, 1.82) is 0 Å². The average molecular weight is 340 g/mol. The standard InChI is InChI=1S/C15H20N2O3S2/c1-11-14(8-10-20-11)22(18,19)16-9-4-7-15-17-12-5-2-3-6-13(12)21-15/h2-3,5-6,11,14,16H,4,7-10H2,1H3/t11-,14-/m1/s1. The molecule has 0 bridgehead atoms. The number of ether oxygens (including phenoxy) is 1. The van der Waals surface area contributed by atoms with Gasteiger partial charge in [-0.05, 0) is 31.9 Å². The van der Waals surface area contributed by atoms with Crippen LogP contribution in [0.2, 0.25) is 0 Å². The molecule has 1 aromatic carbocycles. The number of benzene rings is 1. The monoisotopic (exact) mass is 340 g/mol. The number of nitrogens with zero attached hydrogens (tertiary/aromatic N) is 1. The summed E-state index contributed by atoms with van der Waals surface area (Å²) in [5.74, 6) is 0. The Labute approximate surface area is 134 Å². The van der Waals surface area contributed by atoms with Crippen molar-refractivity contribution in [3.8, 4) is 0 Å². The van der Waals surface area contributed by atoms with E-state index in [4.69, 9.17) is 4.74 Å². The molecule has 2 heterocycles. The lowest BCUT2D eigenvalue weighted by Crippen LogP contribution is -2.38. The Morgan fingerprint density at radius 1 is 1.41 bits per heavy atom. The number of aryl methyl sites for hydroxylation is 1. The van der Waals surface area contributed by atoms with Crippen molar-refractivity contribution in [2.24, 2.45) is 0 Å². The summed E-state index contributed by atoms with van der Waals surface area (Å²) in [7, 11) is -3.28. The molecule has 1 aliphatic rings. The Morgan fingerprint density at radius 3 is 2.95 bits per heavy atom. The molecule has 0 spiro atoms. The molecule has 5 nitrogen and oxygen atoms in total. The number of hydrogen-bond donors (Lipinski definition) is 1. The maximum Gasteiger partial charge on any atom is 0.217 e. The Morgan fingerprint density at radius 2 is 2.23 bits per heavy atom. The highest BCUT2D eigenvalue weighted by Gasteiger charge is 2.35. The molecule has 1 N–H and O–H groups in total. The predicted molar refractivity (Wildman–Crippen MR) is 88.7 cm³/mol. The summed E-state index contributed by atoms with van der Waals surface area (Å²) in [6, 6.07) is 8.04. The third kappa shape index (κ3) is 3.48. The zero-order chi connectivity index (χ0) is 15.6. The maximum atomic E-state index is 12.2. The lowest BCUT2D eigenvalue weighted by molar-refractivity contribution is 0.126. The number of thiazole rings is 1. The van der Waals surface area contributed by atoms with Crippen LogP contribution in [0, 0.1) is 0 Å². The Bertz CT molecular complexity index is 709. The molecular weight excluding hydrogens is 320 g/mol. The third-order valence-corrected chi connectivity index (χ3v) is 7.03. The molecule has 0 amide bonds. The molecule has 0 radical (unpaired) electrons. The lowest BCUT2D eigenvalue weighted by Gasteiger charge is -2.15. The van der Waals surface area contributed by atoms with Crippen LogP contribution in [0.1, 0.15) is 24.8 Å². The summed E-state index contributed by atoms with van der Waals surface area (Å²) in [6.45, 7) is 2.79. The van der Waals surface area contributed by atoms with E-state index in [2.05, 4.69) is 15.8 Å². The minimum Gasteiger partial charge on any atom is -0.377 e. The first-order chi connectivity index (χ1) is 10.6. The maximum absolute atomic E-state index is 12.2. The van der Waals surface area contributed by atoms with Crippen molar-refractivity contribution in [2.75, 3.05) is 13.2 Å². The molecule has 1 aliphatic heterocycles. The highest BCUT2D eigenvalue weighted by molar-refractivity contribution is 7.90. The van der Waals surface area contributed by atoms with Gasteiger partial charge >= 0.3 is 0 Å². The average Bonchev–Trinajstić information content (AvgIpc) is 3.09. The minimum absolute atomic E-state index is 0.221. The first kappa shape index (κ1) is 15.9. The summed E-state index contributed by atoms with van der Waals surface area (Å²) in [4.78, 5) is 4.56. The summed E-state index contributed by atoms with van der Waals surface area (Å²) in [5, 5.41) is 0.632. The molecule has 1 aromatic heterocycles. The molecule has 0 unspecified atom stereocenters. The van der Waals surface area contributed by atoms with E-state index in [1.807, 2.05) is 25.1 Å². The number of fused-ring (bicyclic) bond motifs is 1. The molecule has 2 aromatic rings. The van der Waals surface area contributed by atoms with E-state index in [9.17, 15) is 8.42 Å². The van der Waals surface area contributed by atoms with Gasteiger partial charge < -0.3 is 4.74 Å². The van der Waals surface area contributed by atoms with Gasteiger partial charge in [0.2, 0.25) is 10.0 Å². The van der Waals surface area contributed by atoms with Crippen LogP contribution in [0.15, 0.2) is 24.3 Å². The van der Waals surface area contributed by atoms with E-state index in [1.54, 1.807) is 11.3 Å². The van der Waals surface area contributed by atoms with Gasteiger partial charge in [-0.2, -0.15) is 0 Å². The quantitative estimate of drug-likeness (QED) is 0.820. The van der Waals surface area contributed by atoms with Gasteiger partial charge in [0.25, 0.3) is 0 Å². The molecule has 22 heavy (non-hydrogen) atoms. The van der Waals surface area contributed by atoms with Crippen molar-refractivity contribution in [3.63, 3.8) is 0 Å². The number of para-hydroxylation sites is 1. The summed E-state index contributed by atoms with van der Waals surface area (Å²) >= 11 is 1.67. The second-order valence-corrected chi connectivity index (χ2v) is 8.62. The number of aromatic nitrogens is 1. The molecule has 0 aliphatic carbocycles. The summed E-state index contributed by atoms with van der Waals surface area (Å²) in [5.41, 5.74) is 1.01. The zero-order valence-corrected chi connectivity index (χ0v) is 14.1. The van der Waals surface area contributed by atoms with Crippen molar-refractivity contribution in [3.05, 3.63) is 29.3 Å². The van der Waals surface area contributed by atoms with E-state index in [0.29, 0.717) is 19.6 Å². The largest absolute Gasteiger partial charge is 0.377 e. The van der Waals surface area contributed by atoms with E-state index >= 15 is 0 Å². The summed E-state index contributed by atoms with van der Waals surface area (Å²) < 4.78 is 33.6. The van der Waals surface area contributed by atoms with Crippen molar-refractivity contribution in [2.45, 2.75) is 37.5 Å². The Kier molecular flexibility index (Phi) is 4.77. The van der Waals surface area contributed by atoms with Crippen molar-refractivity contribution >= 4 is 31.6 Å². The molecule has 3 rings (SSSR count). The molecule has 2 atom stereocenters. The van der Waals surface area contributed by atoms with Gasteiger partial charge in [-0.15, -0.1) is 11.3 Å². The van der Waals surface area contributed by atoms with Crippen LogP contribution in [0.3, 0.4) is 0 Å². The number of hydrogen-bond acceptors (Lipinski definition) is 5. The first-order valence-corrected chi connectivity index (χ1v) is 9.87. The van der Waals surface area contributed by atoms with Gasteiger partial charge in [-0.3, -0.25) is 0 Å². The number of rotatable bonds is 6. The van der Waals surface area contributed by atoms with Crippen molar-refractivity contribution in [1.82, 2.24) is 9.71 Å². The number of sulfonamides is 1. The SMILES string of the molecule is C[C@H]1OCC[C@H]1S(=O)(=O)NCCCc1nc2ccccc2s1. The van der Waals surface area contributed by atoms with Gasteiger partial charge in [0.05, 0.1) is 21.3 Å². The van der Waals surface area contributed by atoms with Crippen molar-refractivity contribution < 1.29 is 13.2 Å². The second kappa shape index (κ2) is 6.62. The van der Waals surface area contributed by atoms with Crippen LogP contribution >= 0.6 is 11.3 Å². The van der Waals surface area contributed by atoms with Crippen LogP contribution in [-0.2, 0) is 21.2 Å². The fourth-order valence-corrected chi connectivity index (χ4v) is 5.35. The second-order valence-electron chi connectivity index (χ2n) is 5.52. The first-order valence-electron chi connectivity index (χ1n) is 7.51. The zero-order valence-electron chi connectivity index (χ0n) is 12.5. The molecule has 7 heteroatoms. The molecule has 0 saturated carbocycles. The minimum atomic E-state index is -3.28. The topological polar surface area (TPSA) is 68.3 Å². The fourth-order valence-electron chi connectivity index (χ4n) is 2.71. The smallest absolute Gasteiger partial charge is 0.217 e. The van der Waals surface area contributed by atoms with E-state index in [0.717, 1.165) is 23.4 Å². The molecule has 120 valence electrons. The van der Waals surface area contributed by atoms with Gasteiger partial charge in [0.15, 0.2) is 0 Å².